The maximum Gasteiger partial charge on any atom is 0.416 e. The van der Waals surface area contributed by atoms with Crippen molar-refractivity contribution in [3.8, 4) is 5.69 Å². The number of nitrogens with zero attached hydrogens (tertiary/aromatic N) is 3. The summed E-state index contributed by atoms with van der Waals surface area (Å²) in [5, 5.41) is 6.32. The third-order valence-electron chi connectivity index (χ3n) is 3.31. The van der Waals surface area contributed by atoms with E-state index in [1.54, 1.807) is 0 Å². The van der Waals surface area contributed by atoms with Gasteiger partial charge in [-0.2, -0.15) is 18.3 Å². The molecule has 0 aliphatic carbocycles. The molecule has 2 aromatic rings. The molecule has 25 heavy (non-hydrogen) atoms. The largest absolute Gasteiger partial charge is 0.416 e. The number of nitrogens with one attached hydrogen (secondary N) is 1. The van der Waals surface area contributed by atoms with Crippen LogP contribution in [0.4, 0.5) is 18.9 Å². The normalized spacial score (nSPS) is 11.2. The van der Waals surface area contributed by atoms with Crippen molar-refractivity contribution in [2.24, 2.45) is 5.73 Å². The lowest BCUT2D eigenvalue weighted by molar-refractivity contribution is -0.142. The Labute approximate surface area is 141 Å². The molecule has 1 aromatic heterocycles. The number of hydrogen-bond donors (Lipinski definition) is 2. The second kappa shape index (κ2) is 7.34. The molecule has 10 heteroatoms. The van der Waals surface area contributed by atoms with E-state index in [0.29, 0.717) is 5.69 Å². The molecular weight excluding hydrogens is 339 g/mol. The first kappa shape index (κ1) is 18.5. The van der Waals surface area contributed by atoms with Crippen LogP contribution in [0, 0.1) is 0 Å². The molecule has 1 aromatic carbocycles. The first-order valence-corrected chi connectivity index (χ1v) is 7.21. The SMILES string of the molecule is CN(CCN)C(=O)C(=O)Nc1cnn(-c2ccc(C(F)(F)F)cc2)c1. The fourth-order valence-electron chi connectivity index (χ4n) is 1.98. The lowest BCUT2D eigenvalue weighted by atomic mass is 10.2. The monoisotopic (exact) mass is 355 g/mol. The first-order valence-electron chi connectivity index (χ1n) is 7.21. The summed E-state index contributed by atoms with van der Waals surface area (Å²) in [5.41, 5.74) is 5.15. The maximum atomic E-state index is 12.6. The molecule has 0 saturated heterocycles. The minimum atomic E-state index is -4.42. The summed E-state index contributed by atoms with van der Waals surface area (Å²) in [6, 6.07) is 4.37. The van der Waals surface area contributed by atoms with E-state index in [2.05, 4.69) is 10.4 Å². The van der Waals surface area contributed by atoms with Gasteiger partial charge in [-0.1, -0.05) is 0 Å². The Balaban J connectivity index is 2.07. The standard InChI is InChI=1S/C15H16F3N5O2/c1-22(7-6-19)14(25)13(24)21-11-8-20-23(9-11)12-4-2-10(3-5-12)15(16,17)18/h2-5,8-9H,6-7,19H2,1H3,(H,21,24). The van der Waals surface area contributed by atoms with Gasteiger partial charge in [-0.25, -0.2) is 4.68 Å². The van der Waals surface area contributed by atoms with Crippen LogP contribution in [0.2, 0.25) is 0 Å². The van der Waals surface area contributed by atoms with Crippen molar-refractivity contribution in [1.82, 2.24) is 14.7 Å². The number of amides is 2. The van der Waals surface area contributed by atoms with Crippen molar-refractivity contribution in [3.63, 3.8) is 0 Å². The molecule has 0 fully saturated rings. The van der Waals surface area contributed by atoms with E-state index >= 15 is 0 Å². The molecule has 3 N–H and O–H groups in total. The number of halogens is 3. The van der Waals surface area contributed by atoms with Gasteiger partial charge in [0.1, 0.15) is 0 Å². The zero-order valence-electron chi connectivity index (χ0n) is 13.2. The number of hydrogen-bond acceptors (Lipinski definition) is 4. The third kappa shape index (κ3) is 4.57. The van der Waals surface area contributed by atoms with Crippen LogP contribution in [-0.4, -0.2) is 46.6 Å². The molecule has 7 nitrogen and oxygen atoms in total. The molecule has 2 rings (SSSR count). The van der Waals surface area contributed by atoms with Crippen LogP contribution in [-0.2, 0) is 15.8 Å². The van der Waals surface area contributed by atoms with Gasteiger partial charge in [0, 0.05) is 20.1 Å². The number of anilines is 1. The van der Waals surface area contributed by atoms with E-state index in [-0.39, 0.29) is 18.8 Å². The Morgan fingerprint density at radius 2 is 1.92 bits per heavy atom. The van der Waals surface area contributed by atoms with Gasteiger partial charge in [-0.15, -0.1) is 0 Å². The fraction of sp³-hybridized carbons (Fsp3) is 0.267. The quantitative estimate of drug-likeness (QED) is 0.807. The zero-order chi connectivity index (χ0) is 18.6. The predicted molar refractivity (Wildman–Crippen MR) is 83.9 cm³/mol. The number of nitrogens with two attached hydrogens (primary N) is 1. The van der Waals surface area contributed by atoms with Crippen LogP contribution in [0.15, 0.2) is 36.7 Å². The maximum absolute atomic E-state index is 12.6. The van der Waals surface area contributed by atoms with Gasteiger partial charge in [0.25, 0.3) is 0 Å². The Kier molecular flexibility index (Phi) is 5.42. The average molecular weight is 355 g/mol. The van der Waals surface area contributed by atoms with Crippen LogP contribution >= 0.6 is 0 Å². The van der Waals surface area contributed by atoms with Crippen LogP contribution in [0.5, 0.6) is 0 Å². The van der Waals surface area contributed by atoms with Gasteiger partial charge in [0.15, 0.2) is 0 Å². The molecule has 0 radical (unpaired) electrons. The van der Waals surface area contributed by atoms with Crippen molar-refractivity contribution < 1.29 is 22.8 Å². The van der Waals surface area contributed by atoms with E-state index in [4.69, 9.17) is 5.73 Å². The van der Waals surface area contributed by atoms with E-state index in [1.165, 1.54) is 41.2 Å². The topological polar surface area (TPSA) is 93.2 Å². The highest BCUT2D eigenvalue weighted by atomic mass is 19.4. The fourth-order valence-corrected chi connectivity index (χ4v) is 1.98. The van der Waals surface area contributed by atoms with Crippen LogP contribution in [0.25, 0.3) is 5.69 Å². The predicted octanol–water partition coefficient (Wildman–Crippen LogP) is 1.25. The highest BCUT2D eigenvalue weighted by molar-refractivity contribution is 6.39. The third-order valence-corrected chi connectivity index (χ3v) is 3.31. The summed E-state index contributed by atoms with van der Waals surface area (Å²) < 4.78 is 38.9. The number of likely N-dealkylation sites (N-methyl/N-ethyl adjacent to an activating group) is 1. The summed E-state index contributed by atoms with van der Waals surface area (Å²) in [6.07, 6.45) is -1.75. The minimum Gasteiger partial charge on any atom is -0.336 e. The Bertz CT molecular complexity index is 755. The minimum absolute atomic E-state index is 0.224. The first-order chi connectivity index (χ1) is 11.7. The highest BCUT2D eigenvalue weighted by Crippen LogP contribution is 2.29. The van der Waals surface area contributed by atoms with Gasteiger partial charge in [0.05, 0.1) is 29.3 Å². The number of rotatable bonds is 4. The highest BCUT2D eigenvalue weighted by Gasteiger charge is 2.30. The summed E-state index contributed by atoms with van der Waals surface area (Å²) in [6.45, 7) is 0.457. The molecule has 2 amide bonds. The summed E-state index contributed by atoms with van der Waals surface area (Å²) in [5.74, 6) is -1.62. The molecule has 0 unspecified atom stereocenters. The smallest absolute Gasteiger partial charge is 0.336 e. The van der Waals surface area contributed by atoms with E-state index in [1.807, 2.05) is 0 Å². The summed E-state index contributed by atoms with van der Waals surface area (Å²) >= 11 is 0. The molecule has 0 aliphatic rings. The Morgan fingerprint density at radius 1 is 1.28 bits per heavy atom. The van der Waals surface area contributed by atoms with Crippen molar-refractivity contribution >= 4 is 17.5 Å². The summed E-state index contributed by atoms with van der Waals surface area (Å²) in [7, 11) is 1.44. The molecule has 1 heterocycles. The molecular formula is C15H16F3N5O2. The number of carbonyl (C=O) groups is 2. The number of benzene rings is 1. The van der Waals surface area contributed by atoms with Gasteiger partial charge >= 0.3 is 18.0 Å². The second-order valence-electron chi connectivity index (χ2n) is 5.19. The van der Waals surface area contributed by atoms with Crippen LogP contribution in [0.1, 0.15) is 5.56 Å². The summed E-state index contributed by atoms with van der Waals surface area (Å²) in [4.78, 5) is 24.8. The van der Waals surface area contributed by atoms with Crippen molar-refractivity contribution in [1.29, 1.82) is 0 Å². The molecule has 0 aliphatic heterocycles. The number of carbonyl (C=O) groups excluding carboxylic acids is 2. The lowest BCUT2D eigenvalue weighted by Crippen LogP contribution is -2.39. The van der Waals surface area contributed by atoms with E-state index in [0.717, 1.165) is 12.1 Å². The average Bonchev–Trinajstić information content (AvgIpc) is 3.02. The molecule has 0 saturated carbocycles. The Morgan fingerprint density at radius 3 is 2.48 bits per heavy atom. The van der Waals surface area contributed by atoms with Gasteiger partial charge in [-0.3, -0.25) is 9.59 Å². The lowest BCUT2D eigenvalue weighted by Gasteiger charge is -2.14. The van der Waals surface area contributed by atoms with Crippen LogP contribution in [0.3, 0.4) is 0 Å². The van der Waals surface area contributed by atoms with Gasteiger partial charge < -0.3 is 16.0 Å². The number of aromatic nitrogens is 2. The van der Waals surface area contributed by atoms with Crippen LogP contribution < -0.4 is 11.1 Å². The molecule has 0 spiro atoms. The molecule has 0 bridgehead atoms. The molecule has 0 atom stereocenters. The van der Waals surface area contributed by atoms with Gasteiger partial charge in [-0.05, 0) is 24.3 Å². The van der Waals surface area contributed by atoms with Crippen molar-refractivity contribution in [2.45, 2.75) is 6.18 Å². The van der Waals surface area contributed by atoms with Crippen molar-refractivity contribution in [2.75, 3.05) is 25.5 Å². The van der Waals surface area contributed by atoms with E-state index < -0.39 is 23.6 Å². The second-order valence-corrected chi connectivity index (χ2v) is 5.19. The Hall–Kier alpha value is -2.88. The number of alkyl halides is 3. The van der Waals surface area contributed by atoms with Gasteiger partial charge in [0.2, 0.25) is 0 Å². The van der Waals surface area contributed by atoms with Crippen molar-refractivity contribution in [3.05, 3.63) is 42.2 Å². The molecule has 134 valence electrons. The van der Waals surface area contributed by atoms with E-state index in [9.17, 15) is 22.8 Å². The zero-order valence-corrected chi connectivity index (χ0v) is 13.2.